The van der Waals surface area contributed by atoms with E-state index in [9.17, 15) is 9.59 Å². The van der Waals surface area contributed by atoms with Gasteiger partial charge in [0.1, 0.15) is 0 Å². The number of rotatable bonds is 6. The average Bonchev–Trinajstić information content (AvgIpc) is 3.07. The van der Waals surface area contributed by atoms with Crippen molar-refractivity contribution in [3.8, 4) is 11.4 Å². The van der Waals surface area contributed by atoms with E-state index < -0.39 is 6.04 Å². The fourth-order valence-electron chi connectivity index (χ4n) is 1.79. The molecule has 4 N–H and O–H groups in total. The first-order chi connectivity index (χ1) is 11.0. The molecule has 0 saturated carbocycles. The summed E-state index contributed by atoms with van der Waals surface area (Å²) in [5.41, 5.74) is 7.07. The van der Waals surface area contributed by atoms with E-state index in [0.717, 1.165) is 5.56 Å². The highest BCUT2D eigenvalue weighted by molar-refractivity contribution is 5.95. The van der Waals surface area contributed by atoms with Crippen LogP contribution in [0.2, 0.25) is 0 Å². The highest BCUT2D eigenvalue weighted by atomic mass is 16.5. The molecule has 122 valence electrons. The number of hydrogen-bond donors (Lipinski definition) is 3. The van der Waals surface area contributed by atoms with Crippen LogP contribution in [0.1, 0.15) is 13.8 Å². The maximum atomic E-state index is 11.8. The molecule has 1 aromatic heterocycles. The van der Waals surface area contributed by atoms with E-state index in [-0.39, 0.29) is 24.3 Å². The predicted octanol–water partition coefficient (Wildman–Crippen LogP) is 0.775. The number of carbonyl (C=O) groups excluding carboxylic acids is 2. The summed E-state index contributed by atoms with van der Waals surface area (Å²) in [6, 6.07) is 6.31. The monoisotopic (exact) mass is 317 g/mol. The zero-order chi connectivity index (χ0) is 16.8. The normalized spacial score (nSPS) is 12.0. The zero-order valence-electron chi connectivity index (χ0n) is 12.9. The van der Waals surface area contributed by atoms with Crippen molar-refractivity contribution in [3.63, 3.8) is 0 Å². The first kappa shape index (κ1) is 16.6. The molecule has 0 unspecified atom stereocenters. The second kappa shape index (κ2) is 7.50. The molecule has 0 saturated heterocycles. The fraction of sp³-hybridized carbons (Fsp3) is 0.333. The van der Waals surface area contributed by atoms with E-state index in [4.69, 9.17) is 5.73 Å². The average molecular weight is 317 g/mol. The zero-order valence-corrected chi connectivity index (χ0v) is 12.9. The van der Waals surface area contributed by atoms with Gasteiger partial charge in [-0.2, -0.15) is 4.98 Å². The van der Waals surface area contributed by atoms with Gasteiger partial charge in [-0.05, 0) is 30.2 Å². The number of anilines is 1. The van der Waals surface area contributed by atoms with E-state index >= 15 is 0 Å². The molecule has 23 heavy (non-hydrogen) atoms. The lowest BCUT2D eigenvalue weighted by Crippen LogP contribution is -2.46. The summed E-state index contributed by atoms with van der Waals surface area (Å²) < 4.78 is 4.67. The van der Waals surface area contributed by atoms with Gasteiger partial charge in [0.25, 0.3) is 0 Å². The molecule has 2 rings (SSSR count). The Morgan fingerprint density at radius 2 is 1.96 bits per heavy atom. The van der Waals surface area contributed by atoms with Crippen molar-refractivity contribution in [1.29, 1.82) is 0 Å². The lowest BCUT2D eigenvalue weighted by Gasteiger charge is -2.15. The molecule has 0 aliphatic rings. The summed E-state index contributed by atoms with van der Waals surface area (Å²) in [5, 5.41) is 8.91. The molecule has 2 aromatic rings. The van der Waals surface area contributed by atoms with Crippen molar-refractivity contribution in [2.24, 2.45) is 11.7 Å². The SMILES string of the molecule is CC(C)[C@H](N)C(=O)NCC(=O)Nc1ccc(-c2ncon2)cc1. The van der Waals surface area contributed by atoms with Crippen LogP contribution in [0.3, 0.4) is 0 Å². The Labute approximate surface area is 133 Å². The maximum absolute atomic E-state index is 11.8. The molecule has 8 heteroatoms. The van der Waals surface area contributed by atoms with Gasteiger partial charge in [-0.25, -0.2) is 0 Å². The standard InChI is InChI=1S/C15H19N5O3/c1-9(2)13(16)15(22)17-7-12(21)19-11-5-3-10(4-6-11)14-18-8-23-20-14/h3-6,8-9,13H,7,16H2,1-2H3,(H,17,22)(H,19,21)/t13-/m0/s1. The summed E-state index contributed by atoms with van der Waals surface area (Å²) in [7, 11) is 0. The third-order valence-corrected chi connectivity index (χ3v) is 3.23. The van der Waals surface area contributed by atoms with Crippen molar-refractivity contribution in [2.45, 2.75) is 19.9 Å². The number of amides is 2. The van der Waals surface area contributed by atoms with Crippen LogP contribution in [-0.2, 0) is 9.59 Å². The quantitative estimate of drug-likeness (QED) is 0.723. The van der Waals surface area contributed by atoms with Crippen molar-refractivity contribution in [1.82, 2.24) is 15.5 Å². The highest BCUT2D eigenvalue weighted by Gasteiger charge is 2.17. The Morgan fingerprint density at radius 1 is 1.26 bits per heavy atom. The van der Waals surface area contributed by atoms with Gasteiger partial charge in [-0.1, -0.05) is 19.0 Å². The molecule has 0 aliphatic heterocycles. The van der Waals surface area contributed by atoms with Crippen molar-refractivity contribution in [2.75, 3.05) is 11.9 Å². The minimum Gasteiger partial charge on any atom is -0.346 e. The van der Waals surface area contributed by atoms with Gasteiger partial charge in [0.05, 0.1) is 12.6 Å². The molecule has 0 bridgehead atoms. The summed E-state index contributed by atoms with van der Waals surface area (Å²) in [6.07, 6.45) is 1.25. The summed E-state index contributed by atoms with van der Waals surface area (Å²) in [6.45, 7) is 3.55. The molecule has 0 spiro atoms. The third-order valence-electron chi connectivity index (χ3n) is 3.23. The van der Waals surface area contributed by atoms with E-state index in [2.05, 4.69) is 25.3 Å². The molecule has 0 radical (unpaired) electrons. The molecular formula is C15H19N5O3. The van der Waals surface area contributed by atoms with Crippen molar-refractivity contribution in [3.05, 3.63) is 30.7 Å². The van der Waals surface area contributed by atoms with Gasteiger partial charge in [-0.15, -0.1) is 0 Å². The van der Waals surface area contributed by atoms with E-state index in [0.29, 0.717) is 11.5 Å². The number of aromatic nitrogens is 2. The summed E-state index contributed by atoms with van der Waals surface area (Å²) >= 11 is 0. The van der Waals surface area contributed by atoms with Crippen molar-refractivity contribution >= 4 is 17.5 Å². The van der Waals surface area contributed by atoms with Gasteiger partial charge in [0.2, 0.25) is 24.0 Å². The number of nitrogens with two attached hydrogens (primary N) is 1. The molecule has 1 heterocycles. The van der Waals surface area contributed by atoms with Gasteiger partial charge in [0.15, 0.2) is 0 Å². The van der Waals surface area contributed by atoms with Gasteiger partial charge >= 0.3 is 0 Å². The lowest BCUT2D eigenvalue weighted by atomic mass is 10.1. The highest BCUT2D eigenvalue weighted by Crippen LogP contribution is 2.17. The molecule has 0 aliphatic carbocycles. The van der Waals surface area contributed by atoms with Gasteiger partial charge in [-0.3, -0.25) is 9.59 Å². The Bertz CT molecular complexity index is 652. The van der Waals surface area contributed by atoms with Crippen LogP contribution >= 0.6 is 0 Å². The molecule has 2 amide bonds. The Balaban J connectivity index is 1.85. The van der Waals surface area contributed by atoms with Crippen LogP contribution in [0.5, 0.6) is 0 Å². The summed E-state index contributed by atoms with van der Waals surface area (Å²) in [5.74, 6) is -0.196. The molecule has 8 nitrogen and oxygen atoms in total. The topological polar surface area (TPSA) is 123 Å². The van der Waals surface area contributed by atoms with E-state index in [1.165, 1.54) is 6.39 Å². The smallest absolute Gasteiger partial charge is 0.243 e. The second-order valence-corrected chi connectivity index (χ2v) is 5.37. The Morgan fingerprint density at radius 3 is 2.52 bits per heavy atom. The van der Waals surface area contributed by atoms with Crippen LogP contribution in [-0.4, -0.2) is 34.5 Å². The van der Waals surface area contributed by atoms with Crippen LogP contribution in [0, 0.1) is 5.92 Å². The largest absolute Gasteiger partial charge is 0.346 e. The van der Waals surface area contributed by atoms with Crippen LogP contribution in [0.25, 0.3) is 11.4 Å². The van der Waals surface area contributed by atoms with Crippen molar-refractivity contribution < 1.29 is 14.1 Å². The lowest BCUT2D eigenvalue weighted by molar-refractivity contribution is -0.125. The number of hydrogen-bond acceptors (Lipinski definition) is 6. The van der Waals surface area contributed by atoms with Gasteiger partial charge in [0, 0.05) is 11.3 Å². The third kappa shape index (κ3) is 4.62. The first-order valence-corrected chi connectivity index (χ1v) is 7.17. The number of benzene rings is 1. The number of carbonyl (C=O) groups is 2. The van der Waals surface area contributed by atoms with Crippen LogP contribution in [0.4, 0.5) is 5.69 Å². The van der Waals surface area contributed by atoms with E-state index in [1.54, 1.807) is 24.3 Å². The first-order valence-electron chi connectivity index (χ1n) is 7.17. The molecule has 0 fully saturated rings. The molecule has 1 atom stereocenters. The predicted molar refractivity (Wildman–Crippen MR) is 84.2 cm³/mol. The number of nitrogens with one attached hydrogen (secondary N) is 2. The number of nitrogens with zero attached hydrogens (tertiary/aromatic N) is 2. The second-order valence-electron chi connectivity index (χ2n) is 5.37. The van der Waals surface area contributed by atoms with Gasteiger partial charge < -0.3 is 20.9 Å². The van der Waals surface area contributed by atoms with E-state index in [1.807, 2.05) is 13.8 Å². The van der Waals surface area contributed by atoms with Crippen LogP contribution < -0.4 is 16.4 Å². The van der Waals surface area contributed by atoms with Crippen LogP contribution in [0.15, 0.2) is 35.2 Å². The Hall–Kier alpha value is -2.74. The molecule has 1 aromatic carbocycles. The minimum atomic E-state index is -0.628. The minimum absolute atomic E-state index is 0.00995. The molecular weight excluding hydrogens is 298 g/mol. The Kier molecular flexibility index (Phi) is 5.42. The maximum Gasteiger partial charge on any atom is 0.243 e. The summed E-state index contributed by atoms with van der Waals surface area (Å²) in [4.78, 5) is 27.4. The fourth-order valence-corrected chi connectivity index (χ4v) is 1.79.